The number of nitrogens with zero attached hydrogens (tertiary/aromatic N) is 4. The Bertz CT molecular complexity index is 599. The highest BCUT2D eigenvalue weighted by atomic mass is 32.2. The molecule has 164 valence electrons. The van der Waals surface area contributed by atoms with Gasteiger partial charge in [0.05, 0.1) is 18.5 Å². The van der Waals surface area contributed by atoms with Crippen LogP contribution in [0.3, 0.4) is 0 Å². The second-order valence-corrected chi connectivity index (χ2v) is 9.42. The fourth-order valence-electron chi connectivity index (χ4n) is 2.62. The van der Waals surface area contributed by atoms with Gasteiger partial charge >= 0.3 is 0 Å². The number of aliphatic imine (C=N–C) groups is 1. The molecule has 1 heterocycles. The molecular formula is C18H37N5O4S. The van der Waals surface area contributed by atoms with Gasteiger partial charge < -0.3 is 19.9 Å². The standard InChI is InChI=1S/C18H37N5O4S/c1-6-7-8-19-18(20-15-17(24)21(4)5)22-9-11-23(12-10-22)28(25,26)14-13-27-16(2)3/h16H,6-15H2,1-5H3,(H,19,20). The SMILES string of the molecule is CCCCNC(=NCC(=O)N(C)C)N1CCN(S(=O)(=O)CCOC(C)C)CC1. The number of ether oxygens (including phenoxy) is 1. The largest absolute Gasteiger partial charge is 0.378 e. The zero-order valence-corrected chi connectivity index (χ0v) is 18.8. The number of unbranched alkanes of at least 4 members (excludes halogenated alkanes) is 1. The zero-order valence-electron chi connectivity index (χ0n) is 18.0. The van der Waals surface area contributed by atoms with Crippen LogP contribution in [0.15, 0.2) is 4.99 Å². The lowest BCUT2D eigenvalue weighted by Gasteiger charge is -2.36. The maximum absolute atomic E-state index is 12.5. The first-order valence-corrected chi connectivity index (χ1v) is 11.6. The maximum Gasteiger partial charge on any atom is 0.243 e. The van der Waals surface area contributed by atoms with E-state index in [-0.39, 0.29) is 30.9 Å². The van der Waals surface area contributed by atoms with Crippen molar-refractivity contribution in [3.05, 3.63) is 0 Å². The minimum absolute atomic E-state index is 0.00177. The predicted molar refractivity (Wildman–Crippen MR) is 112 cm³/mol. The predicted octanol–water partition coefficient (Wildman–Crippen LogP) is 0.193. The van der Waals surface area contributed by atoms with Gasteiger partial charge in [-0.2, -0.15) is 4.31 Å². The molecule has 0 unspecified atom stereocenters. The number of hydrogen-bond acceptors (Lipinski definition) is 5. The monoisotopic (exact) mass is 419 g/mol. The first kappa shape index (κ1) is 24.6. The number of sulfonamides is 1. The number of nitrogens with one attached hydrogen (secondary N) is 1. The summed E-state index contributed by atoms with van der Waals surface area (Å²) in [6.07, 6.45) is 2.08. The lowest BCUT2D eigenvalue weighted by molar-refractivity contribution is -0.127. The average molecular weight is 420 g/mol. The van der Waals surface area contributed by atoms with Crippen LogP contribution >= 0.6 is 0 Å². The van der Waals surface area contributed by atoms with Gasteiger partial charge in [0.25, 0.3) is 0 Å². The highest BCUT2D eigenvalue weighted by Gasteiger charge is 2.28. The van der Waals surface area contributed by atoms with E-state index in [1.54, 1.807) is 14.1 Å². The van der Waals surface area contributed by atoms with Crippen molar-refractivity contribution in [3.8, 4) is 0 Å². The first-order valence-electron chi connectivity index (χ1n) is 10.00. The van der Waals surface area contributed by atoms with E-state index in [4.69, 9.17) is 4.74 Å². The Morgan fingerprint density at radius 2 is 1.86 bits per heavy atom. The van der Waals surface area contributed by atoms with Crippen LogP contribution < -0.4 is 5.32 Å². The Morgan fingerprint density at radius 3 is 2.39 bits per heavy atom. The number of piperazine rings is 1. The van der Waals surface area contributed by atoms with E-state index >= 15 is 0 Å². The second kappa shape index (κ2) is 12.2. The van der Waals surface area contributed by atoms with E-state index in [0.717, 1.165) is 19.4 Å². The maximum atomic E-state index is 12.5. The molecule has 1 aliphatic rings. The normalized spacial score (nSPS) is 16.5. The van der Waals surface area contributed by atoms with Crippen LogP contribution in [0.5, 0.6) is 0 Å². The van der Waals surface area contributed by atoms with Gasteiger partial charge in [0.2, 0.25) is 15.9 Å². The van der Waals surface area contributed by atoms with Gasteiger partial charge in [-0.1, -0.05) is 13.3 Å². The van der Waals surface area contributed by atoms with Gasteiger partial charge in [0.1, 0.15) is 6.54 Å². The molecule has 0 aliphatic carbocycles. The molecular weight excluding hydrogens is 382 g/mol. The third kappa shape index (κ3) is 8.74. The van der Waals surface area contributed by atoms with E-state index in [0.29, 0.717) is 32.1 Å². The van der Waals surface area contributed by atoms with E-state index in [1.165, 1.54) is 9.21 Å². The van der Waals surface area contributed by atoms with Crippen molar-refractivity contribution in [3.63, 3.8) is 0 Å². The molecule has 0 aromatic rings. The lowest BCUT2D eigenvalue weighted by atomic mass is 10.3. The molecule has 0 radical (unpaired) electrons. The molecule has 1 aliphatic heterocycles. The number of guanidine groups is 1. The summed E-state index contributed by atoms with van der Waals surface area (Å²) in [7, 11) is 0.0807. The molecule has 0 saturated carbocycles. The van der Waals surface area contributed by atoms with Crippen molar-refractivity contribution >= 4 is 21.9 Å². The fourth-order valence-corrected chi connectivity index (χ4v) is 3.91. The summed E-state index contributed by atoms with van der Waals surface area (Å²) in [6.45, 7) is 8.83. The highest BCUT2D eigenvalue weighted by molar-refractivity contribution is 7.89. The first-order chi connectivity index (χ1) is 13.2. The van der Waals surface area contributed by atoms with Crippen LogP contribution in [-0.4, -0.2) is 106 Å². The number of likely N-dealkylation sites (N-methyl/N-ethyl adjacent to an activating group) is 1. The van der Waals surface area contributed by atoms with Crippen LogP contribution in [-0.2, 0) is 19.6 Å². The number of hydrogen-bond donors (Lipinski definition) is 1. The van der Waals surface area contributed by atoms with Crippen molar-refractivity contribution < 1.29 is 17.9 Å². The number of amides is 1. The van der Waals surface area contributed by atoms with Crippen LogP contribution in [0.4, 0.5) is 0 Å². The summed E-state index contributed by atoms with van der Waals surface area (Å²) in [4.78, 5) is 19.8. The van der Waals surface area contributed by atoms with Crippen molar-refractivity contribution in [2.45, 2.75) is 39.7 Å². The molecule has 0 bridgehead atoms. The highest BCUT2D eigenvalue weighted by Crippen LogP contribution is 2.09. The quantitative estimate of drug-likeness (QED) is 0.309. The van der Waals surface area contributed by atoms with Crippen molar-refractivity contribution in [1.82, 2.24) is 19.4 Å². The Kier molecular flexibility index (Phi) is 10.8. The van der Waals surface area contributed by atoms with E-state index in [2.05, 4.69) is 17.2 Å². The van der Waals surface area contributed by atoms with Gasteiger partial charge in [-0.3, -0.25) is 4.79 Å². The van der Waals surface area contributed by atoms with Crippen LogP contribution in [0.1, 0.15) is 33.6 Å². The van der Waals surface area contributed by atoms with E-state index in [1.807, 2.05) is 18.7 Å². The number of carbonyl (C=O) groups is 1. The smallest absolute Gasteiger partial charge is 0.243 e. The summed E-state index contributed by atoms with van der Waals surface area (Å²) < 4.78 is 31.8. The van der Waals surface area contributed by atoms with Gasteiger partial charge in [-0.15, -0.1) is 0 Å². The Hall–Kier alpha value is -1.39. The Labute approximate surface area is 170 Å². The second-order valence-electron chi connectivity index (χ2n) is 7.33. The summed E-state index contributed by atoms with van der Waals surface area (Å²) in [6, 6.07) is 0. The van der Waals surface area contributed by atoms with Crippen molar-refractivity contribution in [2.75, 3.05) is 65.7 Å². The third-order valence-electron chi connectivity index (χ3n) is 4.40. The molecule has 1 saturated heterocycles. The summed E-state index contributed by atoms with van der Waals surface area (Å²) in [5, 5.41) is 3.30. The molecule has 1 amide bonds. The van der Waals surface area contributed by atoms with Crippen molar-refractivity contribution in [1.29, 1.82) is 0 Å². The van der Waals surface area contributed by atoms with E-state index in [9.17, 15) is 13.2 Å². The van der Waals surface area contributed by atoms with Gasteiger partial charge in [0.15, 0.2) is 5.96 Å². The molecule has 1 rings (SSSR count). The third-order valence-corrected chi connectivity index (χ3v) is 6.23. The fraction of sp³-hybridized carbons (Fsp3) is 0.889. The summed E-state index contributed by atoms with van der Waals surface area (Å²) >= 11 is 0. The molecule has 1 N–H and O–H groups in total. The molecule has 0 aromatic heterocycles. The minimum atomic E-state index is -3.33. The molecule has 1 fully saturated rings. The van der Waals surface area contributed by atoms with Crippen LogP contribution in [0.2, 0.25) is 0 Å². The summed E-state index contributed by atoms with van der Waals surface area (Å²) in [5.41, 5.74) is 0. The van der Waals surface area contributed by atoms with Crippen LogP contribution in [0.25, 0.3) is 0 Å². The average Bonchev–Trinajstić information content (AvgIpc) is 2.63. The van der Waals surface area contributed by atoms with E-state index < -0.39 is 10.0 Å². The molecule has 0 atom stereocenters. The summed E-state index contributed by atoms with van der Waals surface area (Å²) in [5.74, 6) is 0.600. The molecule has 10 heteroatoms. The molecule has 0 aromatic carbocycles. The van der Waals surface area contributed by atoms with Gasteiger partial charge in [0, 0.05) is 46.8 Å². The minimum Gasteiger partial charge on any atom is -0.378 e. The van der Waals surface area contributed by atoms with Crippen molar-refractivity contribution in [2.24, 2.45) is 4.99 Å². The Morgan fingerprint density at radius 1 is 1.21 bits per heavy atom. The van der Waals surface area contributed by atoms with Gasteiger partial charge in [-0.05, 0) is 20.3 Å². The number of rotatable bonds is 10. The lowest BCUT2D eigenvalue weighted by Crippen LogP contribution is -2.54. The van der Waals surface area contributed by atoms with Crippen LogP contribution in [0, 0.1) is 0 Å². The molecule has 28 heavy (non-hydrogen) atoms. The molecule has 9 nitrogen and oxygen atoms in total. The Balaban J connectivity index is 2.65. The molecule has 0 spiro atoms. The topological polar surface area (TPSA) is 94.5 Å². The zero-order chi connectivity index (χ0) is 21.2. The number of carbonyl (C=O) groups excluding carboxylic acids is 1. The van der Waals surface area contributed by atoms with Gasteiger partial charge in [-0.25, -0.2) is 13.4 Å².